The van der Waals surface area contributed by atoms with Gasteiger partial charge in [0.2, 0.25) is 10.0 Å². The monoisotopic (exact) mass is 434 g/mol. The van der Waals surface area contributed by atoms with E-state index >= 15 is 0 Å². The lowest BCUT2D eigenvalue weighted by Gasteiger charge is -2.28. The molecule has 0 aliphatic carbocycles. The predicted octanol–water partition coefficient (Wildman–Crippen LogP) is 4.85. The van der Waals surface area contributed by atoms with E-state index in [9.17, 15) is 8.42 Å². The van der Waals surface area contributed by atoms with Crippen LogP contribution in [0.2, 0.25) is 5.02 Å². The Kier molecular flexibility index (Phi) is 7.74. The highest BCUT2D eigenvalue weighted by atomic mass is 35.5. The lowest BCUT2D eigenvalue weighted by molar-refractivity contribution is 0.248. The predicted molar refractivity (Wildman–Crippen MR) is 120 cm³/mol. The molecule has 1 N–H and O–H groups in total. The van der Waals surface area contributed by atoms with Crippen LogP contribution in [-0.2, 0) is 23.0 Å². The molecule has 0 unspecified atom stereocenters. The van der Waals surface area contributed by atoms with Crippen molar-refractivity contribution in [1.29, 1.82) is 0 Å². The molecule has 0 radical (unpaired) electrons. The van der Waals surface area contributed by atoms with E-state index in [0.717, 1.165) is 57.3 Å². The normalized spacial score (nSPS) is 14.7. The first-order valence-corrected chi connectivity index (χ1v) is 12.3. The van der Waals surface area contributed by atoms with E-state index in [0.29, 0.717) is 22.0 Å². The summed E-state index contributed by atoms with van der Waals surface area (Å²) in [5, 5.41) is 0.596. The van der Waals surface area contributed by atoms with Crippen LogP contribution in [0.1, 0.15) is 47.9 Å². The molecule has 0 fully saturated rings. The molecular weight excluding hydrogens is 404 g/mol. The number of rotatable bonds is 9. The number of aryl methyl sites for hydroxylation is 2. The van der Waals surface area contributed by atoms with E-state index in [-0.39, 0.29) is 0 Å². The van der Waals surface area contributed by atoms with Crippen LogP contribution in [0.3, 0.4) is 0 Å². The molecule has 1 aliphatic heterocycles. The Bertz CT molecular complexity index is 944. The molecule has 0 saturated heterocycles. The van der Waals surface area contributed by atoms with Gasteiger partial charge in [0.25, 0.3) is 0 Å². The minimum atomic E-state index is -3.49. The van der Waals surface area contributed by atoms with Crippen molar-refractivity contribution in [2.45, 2.75) is 57.4 Å². The van der Waals surface area contributed by atoms with Gasteiger partial charge in [0.1, 0.15) is 0 Å². The summed E-state index contributed by atoms with van der Waals surface area (Å²) in [6.45, 7) is 7.37. The fraction of sp³-hybridized carbons (Fsp3) is 0.478. The fourth-order valence-electron chi connectivity index (χ4n) is 3.89. The molecule has 0 spiro atoms. The van der Waals surface area contributed by atoms with Crippen LogP contribution in [0.25, 0.3) is 0 Å². The number of sulfonamides is 1. The summed E-state index contributed by atoms with van der Waals surface area (Å²) in [5.41, 5.74) is 4.40. The van der Waals surface area contributed by atoms with Crippen molar-refractivity contribution in [3.8, 4) is 0 Å². The van der Waals surface area contributed by atoms with Gasteiger partial charge in [-0.2, -0.15) is 0 Å². The van der Waals surface area contributed by atoms with Crippen LogP contribution in [0.5, 0.6) is 0 Å². The number of benzene rings is 2. The van der Waals surface area contributed by atoms with Gasteiger partial charge in [0.15, 0.2) is 0 Å². The highest BCUT2D eigenvalue weighted by Crippen LogP contribution is 2.24. The quantitative estimate of drug-likeness (QED) is 0.573. The van der Waals surface area contributed by atoms with E-state index < -0.39 is 10.0 Å². The maximum atomic E-state index is 12.6. The molecule has 2 aromatic carbocycles. The molecule has 0 atom stereocenters. The summed E-state index contributed by atoms with van der Waals surface area (Å²) in [4.78, 5) is 2.85. The minimum Gasteiger partial charge on any atom is -0.299 e. The fourth-order valence-corrected chi connectivity index (χ4v) is 5.49. The van der Waals surface area contributed by atoms with Crippen LogP contribution in [0, 0.1) is 13.8 Å². The van der Waals surface area contributed by atoms with Gasteiger partial charge < -0.3 is 0 Å². The van der Waals surface area contributed by atoms with Crippen molar-refractivity contribution in [2.24, 2.45) is 0 Å². The Morgan fingerprint density at radius 1 is 1.00 bits per heavy atom. The van der Waals surface area contributed by atoms with Gasteiger partial charge in [-0.1, -0.05) is 48.7 Å². The molecule has 0 amide bonds. The molecule has 0 saturated carbocycles. The molecule has 1 heterocycles. The van der Waals surface area contributed by atoms with E-state index in [1.807, 2.05) is 6.92 Å². The van der Waals surface area contributed by atoms with Crippen molar-refractivity contribution >= 4 is 21.6 Å². The summed E-state index contributed by atoms with van der Waals surface area (Å²) in [6, 6.07) is 12.1. The maximum Gasteiger partial charge on any atom is 0.240 e. The first-order chi connectivity index (χ1) is 13.9. The van der Waals surface area contributed by atoms with E-state index in [4.69, 9.17) is 11.6 Å². The molecule has 4 nitrogen and oxygen atoms in total. The Morgan fingerprint density at radius 2 is 1.72 bits per heavy atom. The number of fused-ring (bicyclic) bond motifs is 1. The third-order valence-corrected chi connectivity index (χ3v) is 7.66. The first kappa shape index (κ1) is 22.3. The molecule has 3 rings (SSSR count). The van der Waals surface area contributed by atoms with E-state index in [1.165, 1.54) is 11.1 Å². The molecule has 29 heavy (non-hydrogen) atoms. The summed E-state index contributed by atoms with van der Waals surface area (Å²) >= 11 is 6.07. The van der Waals surface area contributed by atoms with Gasteiger partial charge in [-0.05, 0) is 74.0 Å². The summed E-state index contributed by atoms with van der Waals surface area (Å²) in [6.07, 6.45) is 5.31. The smallest absolute Gasteiger partial charge is 0.240 e. The molecule has 2 aromatic rings. The maximum absolute atomic E-state index is 12.6. The largest absolute Gasteiger partial charge is 0.299 e. The number of hydrogen-bond donors (Lipinski definition) is 1. The zero-order valence-corrected chi connectivity index (χ0v) is 19.0. The topological polar surface area (TPSA) is 49.4 Å². The zero-order chi connectivity index (χ0) is 20.9. The van der Waals surface area contributed by atoms with Crippen molar-refractivity contribution in [3.63, 3.8) is 0 Å². The third kappa shape index (κ3) is 6.05. The second kappa shape index (κ2) is 10.1. The standard InChI is InChI=1S/C23H31ClN2O2S/c1-18-16-23(19(2)15-22(18)24)29(27,28)25-12-7-3-4-8-13-26-14-11-20-9-5-6-10-21(20)17-26/h5-6,9-10,15-16,25H,3-4,7-8,11-14,17H2,1-2H3. The lowest BCUT2D eigenvalue weighted by atomic mass is 10.00. The number of hydrogen-bond acceptors (Lipinski definition) is 3. The molecule has 1 aliphatic rings. The number of nitrogens with one attached hydrogen (secondary N) is 1. The number of halogens is 1. The van der Waals surface area contributed by atoms with Crippen molar-refractivity contribution in [3.05, 3.63) is 63.7 Å². The highest BCUT2D eigenvalue weighted by Gasteiger charge is 2.18. The van der Waals surface area contributed by atoms with Gasteiger partial charge in [0.05, 0.1) is 4.90 Å². The van der Waals surface area contributed by atoms with E-state index in [2.05, 4.69) is 33.9 Å². The van der Waals surface area contributed by atoms with Crippen LogP contribution in [0.15, 0.2) is 41.3 Å². The van der Waals surface area contributed by atoms with Crippen molar-refractivity contribution < 1.29 is 8.42 Å². The van der Waals surface area contributed by atoms with Crippen molar-refractivity contribution in [2.75, 3.05) is 19.6 Å². The minimum absolute atomic E-state index is 0.324. The average Bonchev–Trinajstić information content (AvgIpc) is 2.69. The highest BCUT2D eigenvalue weighted by molar-refractivity contribution is 7.89. The molecule has 6 heteroatoms. The van der Waals surface area contributed by atoms with E-state index in [1.54, 1.807) is 19.1 Å². The molecule has 0 bridgehead atoms. The number of nitrogens with zero attached hydrogens (tertiary/aromatic N) is 1. The third-order valence-electron chi connectivity index (χ3n) is 5.65. The van der Waals surface area contributed by atoms with Crippen LogP contribution in [0.4, 0.5) is 0 Å². The Labute approximate surface area is 180 Å². The second-order valence-electron chi connectivity index (χ2n) is 7.97. The first-order valence-electron chi connectivity index (χ1n) is 10.4. The Hall–Kier alpha value is -1.40. The van der Waals surface area contributed by atoms with Gasteiger partial charge in [-0.25, -0.2) is 13.1 Å². The summed E-state index contributed by atoms with van der Waals surface area (Å²) in [7, 11) is -3.49. The summed E-state index contributed by atoms with van der Waals surface area (Å²) < 4.78 is 27.8. The van der Waals surface area contributed by atoms with Crippen LogP contribution < -0.4 is 4.72 Å². The molecule has 0 aromatic heterocycles. The molecular formula is C23H31ClN2O2S. The lowest BCUT2D eigenvalue weighted by Crippen LogP contribution is -2.31. The average molecular weight is 435 g/mol. The van der Waals surface area contributed by atoms with Gasteiger partial charge in [0, 0.05) is 24.7 Å². The van der Waals surface area contributed by atoms with Gasteiger partial charge >= 0.3 is 0 Å². The SMILES string of the molecule is Cc1cc(S(=O)(=O)NCCCCCCN2CCc3ccccc3C2)c(C)cc1Cl. The van der Waals surface area contributed by atoms with Crippen LogP contribution in [-0.4, -0.2) is 33.0 Å². The van der Waals surface area contributed by atoms with Gasteiger partial charge in [-0.3, -0.25) is 4.90 Å². The summed E-state index contributed by atoms with van der Waals surface area (Å²) in [5.74, 6) is 0. The second-order valence-corrected chi connectivity index (χ2v) is 10.1. The van der Waals surface area contributed by atoms with Crippen LogP contribution >= 0.6 is 11.6 Å². The molecule has 158 valence electrons. The Balaban J connectivity index is 1.35. The zero-order valence-electron chi connectivity index (χ0n) is 17.4. The number of unbranched alkanes of at least 4 members (excludes halogenated alkanes) is 3. The van der Waals surface area contributed by atoms with Gasteiger partial charge in [-0.15, -0.1) is 0 Å². The Morgan fingerprint density at radius 3 is 2.52 bits per heavy atom. The van der Waals surface area contributed by atoms with Crippen molar-refractivity contribution in [1.82, 2.24) is 9.62 Å².